The first-order chi connectivity index (χ1) is 25.7. The molecule has 0 spiro atoms. The number of hydrogen-bond acceptors (Lipinski definition) is 8. The lowest BCUT2D eigenvalue weighted by Gasteiger charge is -2.33. The number of carbonyl (C=O) groups excluding carboxylic acids is 2. The highest BCUT2D eigenvalue weighted by Crippen LogP contribution is 2.34. The molecule has 55 heavy (non-hydrogen) atoms. The molecule has 0 aromatic carbocycles. The van der Waals surface area contributed by atoms with E-state index < -0.39 is 36.7 Å². The summed E-state index contributed by atoms with van der Waals surface area (Å²) in [7, 11) is -5.26. The maximum absolute atomic E-state index is 12.7. The maximum atomic E-state index is 12.7. The van der Waals surface area contributed by atoms with Gasteiger partial charge in [0, 0.05) is 37.9 Å². The van der Waals surface area contributed by atoms with E-state index in [1.807, 2.05) is 0 Å². The number of esters is 1. The average molecular weight is 827 g/mol. The van der Waals surface area contributed by atoms with Crippen molar-refractivity contribution in [2.75, 3.05) is 0 Å². The zero-order chi connectivity index (χ0) is 41.1. The van der Waals surface area contributed by atoms with E-state index in [9.17, 15) is 14.7 Å². The number of rotatable bonds is 32. The fourth-order valence-electron chi connectivity index (χ4n) is 8.04. The summed E-state index contributed by atoms with van der Waals surface area (Å²) in [6.45, 7) is 24.0. The maximum Gasteiger partial charge on any atom is 0.336 e. The fourth-order valence-corrected chi connectivity index (χ4v) is 11.6. The minimum atomic E-state index is -1.82. The van der Waals surface area contributed by atoms with Crippen LogP contribution in [0.15, 0.2) is 11.6 Å². The summed E-state index contributed by atoms with van der Waals surface area (Å²) >= 11 is 0. The number of ether oxygens (including phenoxy) is 2. The van der Waals surface area contributed by atoms with Crippen molar-refractivity contribution in [3.63, 3.8) is 0 Å². The van der Waals surface area contributed by atoms with Gasteiger partial charge in [0.05, 0.1) is 24.4 Å². The third-order valence-electron chi connectivity index (χ3n) is 10.4. The minimum absolute atomic E-state index is 0.0853. The number of unbranched alkanes of at least 4 members (excludes halogenated alkanes) is 12. The highest BCUT2D eigenvalue weighted by molar-refractivity contribution is 6.70. The minimum Gasteiger partial charge on any atom is -0.426 e. The number of ketones is 1. The highest BCUT2D eigenvalue weighted by Gasteiger charge is 2.39. The van der Waals surface area contributed by atoms with Crippen LogP contribution in [0.25, 0.3) is 0 Å². The second-order valence-corrected chi connectivity index (χ2v) is 33.2. The zero-order valence-electron chi connectivity index (χ0n) is 37.5. The van der Waals surface area contributed by atoms with Crippen LogP contribution in [0.4, 0.5) is 0 Å². The molecule has 2 heterocycles. The molecule has 0 aliphatic carbocycles. The van der Waals surface area contributed by atoms with Crippen molar-refractivity contribution in [3.05, 3.63) is 11.6 Å². The predicted octanol–water partition coefficient (Wildman–Crippen LogP) is 12.2. The van der Waals surface area contributed by atoms with Crippen LogP contribution in [0, 0.1) is 0 Å². The molecule has 1 fully saturated rings. The zero-order valence-corrected chi connectivity index (χ0v) is 40.5. The predicted molar refractivity (Wildman–Crippen MR) is 235 cm³/mol. The molecular weight excluding hydrogens is 741 g/mol. The molecule has 0 aromatic heterocycles. The number of aliphatic hydroxyl groups is 1. The summed E-state index contributed by atoms with van der Waals surface area (Å²) in [5.41, 5.74) is 0.490. The van der Waals surface area contributed by atoms with Gasteiger partial charge in [-0.3, -0.25) is 4.79 Å². The van der Waals surface area contributed by atoms with Crippen LogP contribution in [-0.4, -0.2) is 78.1 Å². The van der Waals surface area contributed by atoms with Crippen molar-refractivity contribution >= 4 is 36.7 Å². The largest absolute Gasteiger partial charge is 0.426 e. The molecule has 6 atom stereocenters. The van der Waals surface area contributed by atoms with Crippen LogP contribution in [-0.2, 0) is 32.3 Å². The molecule has 11 heteroatoms. The van der Waals surface area contributed by atoms with E-state index in [2.05, 4.69) is 65.8 Å². The Balaban J connectivity index is 1.71. The van der Waals surface area contributed by atoms with Crippen LogP contribution in [0.1, 0.15) is 162 Å². The van der Waals surface area contributed by atoms with Crippen molar-refractivity contribution < 1.29 is 37.4 Å². The Labute approximate surface area is 341 Å². The van der Waals surface area contributed by atoms with Crippen LogP contribution in [0.3, 0.4) is 0 Å². The fraction of sp³-hybridized carbons (Fsp3) is 0.909. The van der Waals surface area contributed by atoms with E-state index >= 15 is 0 Å². The Morgan fingerprint density at radius 3 is 1.55 bits per heavy atom. The van der Waals surface area contributed by atoms with Gasteiger partial charge in [0.1, 0.15) is 5.78 Å². The van der Waals surface area contributed by atoms with Crippen LogP contribution in [0.2, 0.25) is 58.9 Å². The lowest BCUT2D eigenvalue weighted by atomic mass is 9.99. The molecule has 1 saturated heterocycles. The summed E-state index contributed by atoms with van der Waals surface area (Å²) in [6, 6.07) is 0. The van der Waals surface area contributed by atoms with E-state index in [4.69, 9.17) is 22.8 Å². The van der Waals surface area contributed by atoms with E-state index in [1.165, 1.54) is 64.4 Å². The van der Waals surface area contributed by atoms with Gasteiger partial charge in [-0.05, 0) is 110 Å². The number of Topliss-reactive ketones (excluding diaryl/α,β-unsaturated/α-hetero) is 1. The average Bonchev–Trinajstić information content (AvgIpc) is 3.64. The van der Waals surface area contributed by atoms with Crippen molar-refractivity contribution in [1.82, 2.24) is 0 Å². The van der Waals surface area contributed by atoms with Gasteiger partial charge in [-0.25, -0.2) is 4.79 Å². The van der Waals surface area contributed by atoms with Gasteiger partial charge in [-0.1, -0.05) is 90.4 Å². The Morgan fingerprint density at radius 1 is 0.691 bits per heavy atom. The first-order valence-corrected chi connectivity index (χ1v) is 32.8. The molecule has 0 radical (unpaired) electrons. The molecule has 2 aliphatic heterocycles. The Morgan fingerprint density at radius 2 is 1.11 bits per heavy atom. The van der Waals surface area contributed by atoms with E-state index in [0.29, 0.717) is 30.6 Å². The highest BCUT2D eigenvalue weighted by atomic mass is 28.4. The molecule has 8 nitrogen and oxygen atoms in total. The van der Waals surface area contributed by atoms with Gasteiger partial charge in [-0.2, -0.15) is 0 Å². The molecule has 322 valence electrons. The lowest BCUT2D eigenvalue weighted by molar-refractivity contribution is -0.173. The normalized spacial score (nSPS) is 22.5. The molecule has 2 rings (SSSR count). The number of carbonyl (C=O) groups is 2. The van der Waals surface area contributed by atoms with Crippen LogP contribution >= 0.6 is 0 Å². The SMILES string of the molecule is CCCCCCCCCC[C@@H](O[Si](C)(C)C)[C@H]1CC[C@H]([C@@H](CCCCCCC(=O)CCCCC[C@H](CC2=CC(C)(O)OC2=O)O[Si](C)(C)C)O[Si](C)(C)C)O1. The van der Waals surface area contributed by atoms with Crippen molar-refractivity contribution in [3.8, 4) is 0 Å². The Kier molecular flexibility index (Phi) is 23.0. The summed E-state index contributed by atoms with van der Waals surface area (Å²) in [6.07, 6.45) is 26.6. The standard InChI is InChI=1S/C44H86O8Si3/c1-12-13-14-15-16-17-18-25-30-41(51-54(6,7)8)39-32-33-40(48-39)42(52-55(9,10)11)31-26-20-19-22-27-37(45)28-23-21-24-29-38(50-53(3,4)5)34-36-35-44(2,47)49-43(36)46/h35,38-42,47H,12-34H2,1-11H3/t38-,39-,40-,41-,42-,44?/m1/s1. The monoisotopic (exact) mass is 827 g/mol. The van der Waals surface area contributed by atoms with Gasteiger partial charge in [-0.15, -0.1) is 0 Å². The molecular formula is C44H86O8Si3. The van der Waals surface area contributed by atoms with Gasteiger partial charge in [0.2, 0.25) is 5.79 Å². The summed E-state index contributed by atoms with van der Waals surface area (Å²) < 4.78 is 31.8. The quantitative estimate of drug-likeness (QED) is 0.0406. The third kappa shape index (κ3) is 24.1. The molecule has 0 aromatic rings. The smallest absolute Gasteiger partial charge is 0.336 e. The van der Waals surface area contributed by atoms with Gasteiger partial charge in [0.25, 0.3) is 0 Å². The van der Waals surface area contributed by atoms with Crippen LogP contribution in [0.5, 0.6) is 0 Å². The summed E-state index contributed by atoms with van der Waals surface area (Å²) in [4.78, 5) is 24.9. The second kappa shape index (κ2) is 25.1. The van der Waals surface area contributed by atoms with Gasteiger partial charge >= 0.3 is 5.97 Å². The lowest BCUT2D eigenvalue weighted by Crippen LogP contribution is -2.42. The van der Waals surface area contributed by atoms with Crippen LogP contribution < -0.4 is 0 Å². The molecule has 0 amide bonds. The first kappa shape index (κ1) is 50.5. The molecule has 0 bridgehead atoms. The third-order valence-corrected chi connectivity index (χ3v) is 13.5. The van der Waals surface area contributed by atoms with Crippen molar-refractivity contribution in [2.24, 2.45) is 0 Å². The molecule has 1 N–H and O–H groups in total. The number of hydrogen-bond donors (Lipinski definition) is 1. The van der Waals surface area contributed by atoms with E-state index in [1.54, 1.807) is 0 Å². The topological polar surface area (TPSA) is 101 Å². The molecule has 2 aliphatic rings. The summed E-state index contributed by atoms with van der Waals surface area (Å²) in [5, 5.41) is 10.1. The first-order valence-electron chi connectivity index (χ1n) is 22.5. The molecule has 1 unspecified atom stereocenters. The van der Waals surface area contributed by atoms with Crippen molar-refractivity contribution in [2.45, 2.75) is 257 Å². The van der Waals surface area contributed by atoms with Crippen molar-refractivity contribution in [1.29, 1.82) is 0 Å². The Bertz CT molecular complexity index is 1120. The van der Waals surface area contributed by atoms with Gasteiger partial charge in [0.15, 0.2) is 25.0 Å². The van der Waals surface area contributed by atoms with E-state index in [-0.39, 0.29) is 30.5 Å². The number of cyclic esters (lactones) is 1. The summed E-state index contributed by atoms with van der Waals surface area (Å²) in [5.74, 6) is -1.63. The Hall–Kier alpha value is -0.669. The second-order valence-electron chi connectivity index (χ2n) is 19.9. The van der Waals surface area contributed by atoms with E-state index in [0.717, 1.165) is 77.0 Å². The molecule has 0 saturated carbocycles. The van der Waals surface area contributed by atoms with Gasteiger partial charge < -0.3 is 27.9 Å².